The minimum Gasteiger partial charge on any atom is -0.328 e. The molecule has 21 heavy (non-hydrogen) atoms. The maximum absolute atomic E-state index is 12.4. The molecule has 0 saturated heterocycles. The van der Waals surface area contributed by atoms with Crippen molar-refractivity contribution in [2.24, 2.45) is 0 Å². The SMILES string of the molecule is CCc1ccc(CN(C)S(=O)(=O)c2ccc(=O)[nH]c2)cc1. The van der Waals surface area contributed by atoms with E-state index in [0.29, 0.717) is 0 Å². The largest absolute Gasteiger partial charge is 0.328 e. The van der Waals surface area contributed by atoms with Crippen LogP contribution in [0.15, 0.2) is 52.3 Å². The molecule has 2 rings (SSSR count). The van der Waals surface area contributed by atoms with Crippen molar-refractivity contribution in [3.63, 3.8) is 0 Å². The normalized spacial score (nSPS) is 11.8. The van der Waals surface area contributed by atoms with Crippen LogP contribution in [0.5, 0.6) is 0 Å². The fraction of sp³-hybridized carbons (Fsp3) is 0.267. The quantitative estimate of drug-likeness (QED) is 0.915. The van der Waals surface area contributed by atoms with Gasteiger partial charge in [-0.1, -0.05) is 31.2 Å². The Bertz CT molecular complexity index is 744. The lowest BCUT2D eigenvalue weighted by Crippen LogP contribution is -2.27. The van der Waals surface area contributed by atoms with E-state index in [0.717, 1.165) is 12.0 Å². The maximum Gasteiger partial charge on any atom is 0.247 e. The molecule has 112 valence electrons. The smallest absolute Gasteiger partial charge is 0.247 e. The zero-order valence-corrected chi connectivity index (χ0v) is 12.9. The molecule has 0 aliphatic carbocycles. The number of aryl methyl sites for hydroxylation is 1. The van der Waals surface area contributed by atoms with E-state index in [4.69, 9.17) is 0 Å². The molecular weight excluding hydrogens is 288 g/mol. The Labute approximate surface area is 124 Å². The van der Waals surface area contributed by atoms with Gasteiger partial charge in [-0.2, -0.15) is 4.31 Å². The molecule has 1 heterocycles. The third-order valence-corrected chi connectivity index (χ3v) is 5.10. The molecule has 1 aromatic carbocycles. The summed E-state index contributed by atoms with van der Waals surface area (Å²) in [6.07, 6.45) is 2.17. The molecule has 2 aromatic rings. The summed E-state index contributed by atoms with van der Waals surface area (Å²) < 4.78 is 26.0. The number of aromatic nitrogens is 1. The van der Waals surface area contributed by atoms with Gasteiger partial charge in [-0.05, 0) is 23.6 Å². The number of benzene rings is 1. The first-order valence-electron chi connectivity index (χ1n) is 6.66. The third-order valence-electron chi connectivity index (χ3n) is 3.30. The van der Waals surface area contributed by atoms with Gasteiger partial charge in [0.15, 0.2) is 0 Å². The third kappa shape index (κ3) is 3.59. The summed E-state index contributed by atoms with van der Waals surface area (Å²) in [7, 11) is -2.08. The van der Waals surface area contributed by atoms with Gasteiger partial charge in [-0.25, -0.2) is 8.42 Å². The summed E-state index contributed by atoms with van der Waals surface area (Å²) in [5, 5.41) is 0. The number of nitrogens with one attached hydrogen (secondary N) is 1. The van der Waals surface area contributed by atoms with Crippen LogP contribution in [0.3, 0.4) is 0 Å². The number of rotatable bonds is 5. The van der Waals surface area contributed by atoms with Gasteiger partial charge >= 0.3 is 0 Å². The van der Waals surface area contributed by atoms with Gasteiger partial charge in [0.1, 0.15) is 0 Å². The highest BCUT2D eigenvalue weighted by Crippen LogP contribution is 2.15. The zero-order valence-electron chi connectivity index (χ0n) is 12.0. The van der Waals surface area contributed by atoms with Gasteiger partial charge in [0.05, 0.1) is 4.90 Å². The van der Waals surface area contributed by atoms with E-state index in [1.54, 1.807) is 0 Å². The highest BCUT2D eigenvalue weighted by atomic mass is 32.2. The van der Waals surface area contributed by atoms with Crippen LogP contribution < -0.4 is 5.56 Å². The number of nitrogens with zero attached hydrogens (tertiary/aromatic N) is 1. The van der Waals surface area contributed by atoms with Crippen LogP contribution >= 0.6 is 0 Å². The van der Waals surface area contributed by atoms with Gasteiger partial charge in [0, 0.05) is 25.9 Å². The molecule has 0 aliphatic rings. The average Bonchev–Trinajstić information content (AvgIpc) is 2.48. The van der Waals surface area contributed by atoms with Crippen molar-refractivity contribution in [2.75, 3.05) is 7.05 Å². The Morgan fingerprint density at radius 3 is 2.19 bits per heavy atom. The van der Waals surface area contributed by atoms with E-state index in [-0.39, 0.29) is 17.0 Å². The minimum atomic E-state index is -3.61. The van der Waals surface area contributed by atoms with Crippen LogP contribution in [-0.4, -0.2) is 24.8 Å². The zero-order chi connectivity index (χ0) is 15.5. The first-order chi connectivity index (χ1) is 9.93. The van der Waals surface area contributed by atoms with E-state index in [9.17, 15) is 13.2 Å². The number of sulfonamides is 1. The molecule has 0 bridgehead atoms. The highest BCUT2D eigenvalue weighted by molar-refractivity contribution is 7.89. The van der Waals surface area contributed by atoms with Gasteiger partial charge in [0.25, 0.3) is 0 Å². The average molecular weight is 306 g/mol. The van der Waals surface area contributed by atoms with E-state index < -0.39 is 10.0 Å². The standard InChI is InChI=1S/C15H18N2O3S/c1-3-12-4-6-13(7-5-12)11-17(2)21(19,20)14-8-9-15(18)16-10-14/h4-10H,3,11H2,1-2H3,(H,16,18). The number of hydrogen-bond donors (Lipinski definition) is 1. The van der Waals surface area contributed by atoms with Crippen LogP contribution in [0.25, 0.3) is 0 Å². The fourth-order valence-electron chi connectivity index (χ4n) is 1.96. The molecule has 5 nitrogen and oxygen atoms in total. The lowest BCUT2D eigenvalue weighted by Gasteiger charge is -2.17. The number of hydrogen-bond acceptors (Lipinski definition) is 3. The Hall–Kier alpha value is -1.92. The van der Waals surface area contributed by atoms with Crippen molar-refractivity contribution in [1.29, 1.82) is 0 Å². The maximum atomic E-state index is 12.4. The first kappa shape index (κ1) is 15.5. The van der Waals surface area contributed by atoms with Crippen molar-refractivity contribution < 1.29 is 8.42 Å². The number of pyridine rings is 1. The summed E-state index contributed by atoms with van der Waals surface area (Å²) in [5.74, 6) is 0. The van der Waals surface area contributed by atoms with Crippen LogP contribution in [-0.2, 0) is 23.0 Å². The monoisotopic (exact) mass is 306 g/mol. The summed E-state index contributed by atoms with van der Waals surface area (Å²) in [5.41, 5.74) is 1.80. The second kappa shape index (κ2) is 6.24. The second-order valence-electron chi connectivity index (χ2n) is 4.82. The van der Waals surface area contributed by atoms with Gasteiger partial charge in [0.2, 0.25) is 15.6 Å². The molecule has 0 amide bonds. The summed E-state index contributed by atoms with van der Waals surface area (Å²) in [4.78, 5) is 13.5. The van der Waals surface area contributed by atoms with Crippen molar-refractivity contribution in [2.45, 2.75) is 24.8 Å². The lowest BCUT2D eigenvalue weighted by atomic mass is 10.1. The highest BCUT2D eigenvalue weighted by Gasteiger charge is 2.20. The van der Waals surface area contributed by atoms with Crippen LogP contribution in [0.2, 0.25) is 0 Å². The molecular formula is C15H18N2O3S. The fourth-order valence-corrected chi connectivity index (χ4v) is 3.09. The van der Waals surface area contributed by atoms with Gasteiger partial charge < -0.3 is 4.98 Å². The predicted molar refractivity (Wildman–Crippen MR) is 81.5 cm³/mol. The Morgan fingerprint density at radius 2 is 1.67 bits per heavy atom. The summed E-state index contributed by atoms with van der Waals surface area (Å²) in [6.45, 7) is 2.35. The van der Waals surface area contributed by atoms with E-state index in [1.807, 2.05) is 24.3 Å². The summed E-state index contributed by atoms with van der Waals surface area (Å²) >= 11 is 0. The Morgan fingerprint density at radius 1 is 1.05 bits per heavy atom. The van der Waals surface area contributed by atoms with E-state index in [2.05, 4.69) is 11.9 Å². The molecule has 0 aliphatic heterocycles. The van der Waals surface area contributed by atoms with E-state index >= 15 is 0 Å². The molecule has 0 radical (unpaired) electrons. The van der Waals surface area contributed by atoms with Crippen LogP contribution in [0.1, 0.15) is 18.1 Å². The van der Waals surface area contributed by atoms with Crippen LogP contribution in [0.4, 0.5) is 0 Å². The number of aromatic amines is 1. The molecule has 0 fully saturated rings. The molecule has 1 aromatic heterocycles. The number of H-pyrrole nitrogens is 1. The Balaban J connectivity index is 2.19. The lowest BCUT2D eigenvalue weighted by molar-refractivity contribution is 0.466. The molecule has 0 saturated carbocycles. The van der Waals surface area contributed by atoms with Crippen molar-refractivity contribution in [3.8, 4) is 0 Å². The second-order valence-corrected chi connectivity index (χ2v) is 6.86. The first-order valence-corrected chi connectivity index (χ1v) is 8.10. The minimum absolute atomic E-state index is 0.0785. The van der Waals surface area contributed by atoms with Crippen molar-refractivity contribution in [3.05, 3.63) is 64.1 Å². The molecule has 1 N–H and O–H groups in total. The topological polar surface area (TPSA) is 70.2 Å². The van der Waals surface area contributed by atoms with Crippen molar-refractivity contribution in [1.82, 2.24) is 9.29 Å². The van der Waals surface area contributed by atoms with Crippen molar-refractivity contribution >= 4 is 10.0 Å². The summed E-state index contributed by atoms with van der Waals surface area (Å²) in [6, 6.07) is 10.4. The molecule has 0 atom stereocenters. The van der Waals surface area contributed by atoms with Gasteiger partial charge in [-0.15, -0.1) is 0 Å². The molecule has 6 heteroatoms. The van der Waals surface area contributed by atoms with Crippen LogP contribution in [0, 0.1) is 0 Å². The predicted octanol–water partition coefficient (Wildman–Crippen LogP) is 1.76. The molecule has 0 spiro atoms. The molecule has 0 unspecified atom stereocenters. The Kier molecular flexibility index (Phi) is 4.59. The van der Waals surface area contributed by atoms with Gasteiger partial charge in [-0.3, -0.25) is 4.79 Å². The van der Waals surface area contributed by atoms with E-state index in [1.165, 1.54) is 35.2 Å².